The molecule has 7 nitrogen and oxygen atoms in total. The fourth-order valence-corrected chi connectivity index (χ4v) is 4.24. The highest BCUT2D eigenvalue weighted by Gasteiger charge is 2.35. The molecule has 0 atom stereocenters. The van der Waals surface area contributed by atoms with Crippen molar-refractivity contribution in [3.8, 4) is 11.5 Å². The van der Waals surface area contributed by atoms with E-state index in [1.165, 1.54) is 25.3 Å². The first kappa shape index (κ1) is 22.5. The number of benzene rings is 2. The Morgan fingerprint density at radius 3 is 2.43 bits per heavy atom. The normalized spacial score (nSPS) is 15.7. The molecule has 1 heterocycles. The minimum absolute atomic E-state index is 0.0184. The highest BCUT2D eigenvalue weighted by atomic mass is 35.5. The molecule has 1 aliphatic rings. The van der Waals surface area contributed by atoms with Gasteiger partial charge in [0, 0.05) is 0 Å². The molecule has 1 saturated heterocycles. The topological polar surface area (TPSA) is 90.0 Å². The molecule has 2 amide bonds. The van der Waals surface area contributed by atoms with Gasteiger partial charge in [-0.05, 0) is 53.2 Å². The van der Waals surface area contributed by atoms with Crippen molar-refractivity contribution in [2.24, 2.45) is 0 Å². The van der Waals surface area contributed by atoms with Crippen LogP contribution in [0.15, 0.2) is 41.3 Å². The number of imide groups is 1. The molecule has 0 N–H and O–H groups in total. The molecule has 0 radical (unpaired) electrons. The second-order valence-electron chi connectivity index (χ2n) is 6.21. The van der Waals surface area contributed by atoms with E-state index in [0.717, 1.165) is 22.9 Å². The van der Waals surface area contributed by atoms with Gasteiger partial charge in [0.15, 0.2) is 11.5 Å². The highest BCUT2D eigenvalue weighted by Crippen LogP contribution is 2.36. The number of ether oxygens (including phenoxy) is 1. The van der Waals surface area contributed by atoms with Crippen molar-refractivity contribution < 1.29 is 26.9 Å². The third-order valence-electron chi connectivity index (χ3n) is 3.92. The number of halogens is 2. The Labute approximate surface area is 187 Å². The fourth-order valence-electron chi connectivity index (χ4n) is 2.61. The number of carbonyl (C=O) groups is 2. The number of amides is 2. The molecule has 1 fully saturated rings. The van der Waals surface area contributed by atoms with E-state index < -0.39 is 21.3 Å². The molecule has 158 valence electrons. The second-order valence-corrected chi connectivity index (χ2v) is 9.60. The quantitative estimate of drug-likeness (QED) is 0.435. The molecule has 30 heavy (non-hydrogen) atoms. The maximum atomic E-state index is 12.7. The van der Waals surface area contributed by atoms with Crippen LogP contribution in [-0.2, 0) is 21.5 Å². The Kier molecular flexibility index (Phi) is 6.66. The predicted octanol–water partition coefficient (Wildman–Crippen LogP) is 4.58. The molecule has 0 saturated carbocycles. The molecule has 0 bridgehead atoms. The van der Waals surface area contributed by atoms with Gasteiger partial charge in [-0.2, -0.15) is 8.42 Å². The molecule has 1 aliphatic heterocycles. The maximum absolute atomic E-state index is 12.7. The van der Waals surface area contributed by atoms with Crippen LogP contribution < -0.4 is 8.92 Å². The van der Waals surface area contributed by atoms with E-state index >= 15 is 0 Å². The van der Waals surface area contributed by atoms with Crippen molar-refractivity contribution in [2.45, 2.75) is 6.54 Å². The van der Waals surface area contributed by atoms with Gasteiger partial charge in [-0.15, -0.1) is 0 Å². The summed E-state index contributed by atoms with van der Waals surface area (Å²) in [7, 11) is -2.37. The summed E-state index contributed by atoms with van der Waals surface area (Å²) in [5, 5.41) is 0.299. The maximum Gasteiger partial charge on any atom is 0.306 e. The predicted molar refractivity (Wildman–Crippen MR) is 116 cm³/mol. The Bertz CT molecular complexity index is 1160. The van der Waals surface area contributed by atoms with Crippen molar-refractivity contribution in [1.82, 2.24) is 4.90 Å². The summed E-state index contributed by atoms with van der Waals surface area (Å²) >= 11 is 12.7. The van der Waals surface area contributed by atoms with Gasteiger partial charge in [-0.1, -0.05) is 35.3 Å². The van der Waals surface area contributed by atoms with Crippen LogP contribution in [-0.4, -0.2) is 37.8 Å². The van der Waals surface area contributed by atoms with Crippen LogP contribution in [0, 0.1) is 0 Å². The SMILES string of the molecule is COc1cc(/C=C2\SC(=O)N(Cc3ccc(Cl)c(Cl)c3)C2=O)ccc1OS(C)(=O)=O. The summed E-state index contributed by atoms with van der Waals surface area (Å²) in [4.78, 5) is 26.4. The first-order valence-corrected chi connectivity index (χ1v) is 11.7. The lowest BCUT2D eigenvalue weighted by Crippen LogP contribution is -2.27. The van der Waals surface area contributed by atoms with Gasteiger partial charge in [-0.3, -0.25) is 14.5 Å². The lowest BCUT2D eigenvalue weighted by molar-refractivity contribution is -0.123. The average molecular weight is 488 g/mol. The molecule has 0 unspecified atom stereocenters. The third-order valence-corrected chi connectivity index (χ3v) is 6.05. The number of hydrogen-bond donors (Lipinski definition) is 0. The average Bonchev–Trinajstić information content (AvgIpc) is 2.92. The van der Waals surface area contributed by atoms with Gasteiger partial charge < -0.3 is 8.92 Å². The van der Waals surface area contributed by atoms with Crippen molar-refractivity contribution in [3.05, 3.63) is 62.5 Å². The van der Waals surface area contributed by atoms with Gasteiger partial charge in [0.05, 0.1) is 34.9 Å². The van der Waals surface area contributed by atoms with Crippen LogP contribution in [0.4, 0.5) is 4.79 Å². The lowest BCUT2D eigenvalue weighted by Gasteiger charge is -2.13. The standard InChI is InChI=1S/C19H15Cl2NO6S2/c1-27-16-8-11(4-6-15(16)28-30(2,25)26)9-17-18(23)22(19(24)29-17)10-12-3-5-13(20)14(21)7-12/h3-9H,10H2,1-2H3/b17-9-. The van der Waals surface area contributed by atoms with Crippen LogP contribution >= 0.6 is 35.0 Å². The van der Waals surface area contributed by atoms with Crippen molar-refractivity contribution in [1.29, 1.82) is 0 Å². The number of hydrogen-bond acceptors (Lipinski definition) is 7. The van der Waals surface area contributed by atoms with Crippen molar-refractivity contribution in [2.75, 3.05) is 13.4 Å². The van der Waals surface area contributed by atoms with E-state index in [0.29, 0.717) is 21.2 Å². The Balaban J connectivity index is 1.83. The molecule has 0 spiro atoms. The zero-order chi connectivity index (χ0) is 22.1. The first-order valence-electron chi connectivity index (χ1n) is 8.34. The van der Waals surface area contributed by atoms with E-state index in [4.69, 9.17) is 32.1 Å². The van der Waals surface area contributed by atoms with E-state index in [1.807, 2.05) is 0 Å². The minimum atomic E-state index is -3.73. The summed E-state index contributed by atoms with van der Waals surface area (Å²) in [5.74, 6) is -0.263. The van der Waals surface area contributed by atoms with Crippen LogP contribution in [0.5, 0.6) is 11.5 Å². The summed E-state index contributed by atoms with van der Waals surface area (Å²) in [6, 6.07) is 9.35. The molecular formula is C19H15Cl2NO6S2. The number of thioether (sulfide) groups is 1. The van der Waals surface area contributed by atoms with Crippen molar-refractivity contribution >= 4 is 62.3 Å². The van der Waals surface area contributed by atoms with Gasteiger partial charge in [0.25, 0.3) is 11.1 Å². The zero-order valence-electron chi connectivity index (χ0n) is 15.7. The second kappa shape index (κ2) is 8.89. The smallest absolute Gasteiger partial charge is 0.306 e. The van der Waals surface area contributed by atoms with Crippen LogP contribution in [0.25, 0.3) is 6.08 Å². The van der Waals surface area contributed by atoms with Crippen LogP contribution in [0.1, 0.15) is 11.1 Å². The Hall–Kier alpha value is -2.20. The zero-order valence-corrected chi connectivity index (χ0v) is 18.9. The summed E-state index contributed by atoms with van der Waals surface area (Å²) in [5.41, 5.74) is 1.20. The molecule has 2 aromatic carbocycles. The largest absolute Gasteiger partial charge is 0.493 e. The summed E-state index contributed by atoms with van der Waals surface area (Å²) in [6.07, 6.45) is 2.44. The monoisotopic (exact) mass is 487 g/mol. The fraction of sp³-hybridized carbons (Fsp3) is 0.158. The molecular weight excluding hydrogens is 473 g/mol. The van der Waals surface area contributed by atoms with E-state index in [1.54, 1.807) is 24.3 Å². The number of methoxy groups -OCH3 is 1. The Morgan fingerprint density at radius 1 is 1.07 bits per heavy atom. The molecule has 11 heteroatoms. The minimum Gasteiger partial charge on any atom is -0.493 e. The van der Waals surface area contributed by atoms with Crippen LogP contribution in [0.3, 0.4) is 0 Å². The Morgan fingerprint density at radius 2 is 1.80 bits per heavy atom. The van der Waals surface area contributed by atoms with Gasteiger partial charge >= 0.3 is 10.1 Å². The van der Waals surface area contributed by atoms with Gasteiger partial charge in [0.1, 0.15) is 0 Å². The summed E-state index contributed by atoms with van der Waals surface area (Å²) < 4.78 is 32.7. The van der Waals surface area contributed by atoms with Gasteiger partial charge in [0.2, 0.25) is 0 Å². The summed E-state index contributed by atoms with van der Waals surface area (Å²) in [6.45, 7) is 0.0589. The molecule has 3 rings (SSSR count). The lowest BCUT2D eigenvalue weighted by atomic mass is 10.1. The number of carbonyl (C=O) groups excluding carboxylic acids is 2. The molecule has 2 aromatic rings. The van der Waals surface area contributed by atoms with Gasteiger partial charge in [-0.25, -0.2) is 0 Å². The number of nitrogens with zero attached hydrogens (tertiary/aromatic N) is 1. The number of rotatable bonds is 6. The van der Waals surface area contributed by atoms with Crippen LogP contribution in [0.2, 0.25) is 10.0 Å². The first-order chi connectivity index (χ1) is 14.1. The molecule has 0 aromatic heterocycles. The molecule has 0 aliphatic carbocycles. The van der Waals surface area contributed by atoms with E-state index in [2.05, 4.69) is 0 Å². The van der Waals surface area contributed by atoms with Crippen molar-refractivity contribution in [3.63, 3.8) is 0 Å². The third kappa shape index (κ3) is 5.28. The van der Waals surface area contributed by atoms with E-state index in [9.17, 15) is 18.0 Å². The van der Waals surface area contributed by atoms with E-state index in [-0.39, 0.29) is 22.9 Å². The highest BCUT2D eigenvalue weighted by molar-refractivity contribution is 8.18.